The molecule has 1 aromatic rings. The number of nitrogens with one attached hydrogen (secondary N) is 1. The first kappa shape index (κ1) is 10.0. The molecule has 0 saturated carbocycles. The lowest BCUT2D eigenvalue weighted by atomic mass is 10.0. The van der Waals surface area contributed by atoms with Crippen LogP contribution in [0.2, 0.25) is 0 Å². The van der Waals surface area contributed by atoms with E-state index in [0.29, 0.717) is 0 Å². The Labute approximate surface area is 79.0 Å². The lowest BCUT2D eigenvalue weighted by Crippen LogP contribution is -1.99. The van der Waals surface area contributed by atoms with Crippen molar-refractivity contribution in [3.63, 3.8) is 0 Å². The first-order chi connectivity index (χ1) is 6.15. The van der Waals surface area contributed by atoms with Crippen molar-refractivity contribution >= 4 is 5.69 Å². The second kappa shape index (κ2) is 4.26. The van der Waals surface area contributed by atoms with Gasteiger partial charge in [-0.05, 0) is 30.5 Å². The van der Waals surface area contributed by atoms with Crippen molar-refractivity contribution in [2.24, 2.45) is 0 Å². The molecule has 0 atom stereocenters. The Bertz CT molecular complexity index is 281. The summed E-state index contributed by atoms with van der Waals surface area (Å²) in [6.45, 7) is 6.80. The summed E-state index contributed by atoms with van der Waals surface area (Å²) in [4.78, 5) is 0. The van der Waals surface area contributed by atoms with Gasteiger partial charge in [-0.3, -0.25) is 0 Å². The fraction of sp³-hybridized carbons (Fsp3) is 0.455. The summed E-state index contributed by atoms with van der Waals surface area (Å²) in [7, 11) is 0. The third-order valence-corrected chi connectivity index (χ3v) is 2.00. The number of anilines is 1. The summed E-state index contributed by atoms with van der Waals surface area (Å²) in [6, 6.07) is 5.32. The molecule has 13 heavy (non-hydrogen) atoms. The van der Waals surface area contributed by atoms with Crippen LogP contribution in [-0.2, 0) is 0 Å². The van der Waals surface area contributed by atoms with Gasteiger partial charge in [0.15, 0.2) is 0 Å². The molecule has 72 valence electrons. The normalized spacial score (nSPS) is 10.5. The first-order valence-corrected chi connectivity index (χ1v) is 4.68. The Hall–Kier alpha value is -1.05. The van der Waals surface area contributed by atoms with Crippen LogP contribution in [0.3, 0.4) is 0 Å². The van der Waals surface area contributed by atoms with Gasteiger partial charge >= 0.3 is 0 Å². The summed E-state index contributed by atoms with van der Waals surface area (Å²) in [5.74, 6) is 0.129. The minimum atomic E-state index is -0.117. The van der Waals surface area contributed by atoms with E-state index in [1.807, 2.05) is 32.9 Å². The molecule has 0 aromatic heterocycles. The molecule has 2 heteroatoms. The van der Waals surface area contributed by atoms with Crippen molar-refractivity contribution < 1.29 is 4.39 Å². The highest BCUT2D eigenvalue weighted by Crippen LogP contribution is 2.21. The van der Waals surface area contributed by atoms with Crippen LogP contribution in [0.15, 0.2) is 18.2 Å². The minimum absolute atomic E-state index is 0.117. The van der Waals surface area contributed by atoms with Gasteiger partial charge < -0.3 is 5.32 Å². The molecule has 0 amide bonds. The average molecular weight is 181 g/mol. The summed E-state index contributed by atoms with van der Waals surface area (Å²) in [5.41, 5.74) is 1.63. The minimum Gasteiger partial charge on any atom is -0.385 e. The van der Waals surface area contributed by atoms with Crippen molar-refractivity contribution in [3.8, 4) is 0 Å². The molecule has 0 saturated heterocycles. The number of rotatable bonds is 3. The van der Waals surface area contributed by atoms with Crippen molar-refractivity contribution in [2.75, 3.05) is 11.9 Å². The van der Waals surface area contributed by atoms with E-state index in [2.05, 4.69) is 5.32 Å². The molecule has 1 nitrogen and oxygen atoms in total. The number of benzene rings is 1. The molecule has 0 radical (unpaired) electrons. The van der Waals surface area contributed by atoms with Gasteiger partial charge in [0, 0.05) is 12.2 Å². The van der Waals surface area contributed by atoms with Crippen molar-refractivity contribution in [1.29, 1.82) is 0 Å². The molecule has 0 fully saturated rings. The third kappa shape index (κ3) is 2.44. The SMILES string of the molecule is CCNc1ccc(C(C)C)c(F)c1. The maximum absolute atomic E-state index is 13.4. The monoisotopic (exact) mass is 181 g/mol. The molecule has 0 aliphatic heterocycles. The van der Waals surface area contributed by atoms with Crippen LogP contribution in [0.25, 0.3) is 0 Å². The van der Waals surface area contributed by atoms with Gasteiger partial charge in [0.25, 0.3) is 0 Å². The van der Waals surface area contributed by atoms with Crippen LogP contribution in [0.1, 0.15) is 32.3 Å². The highest BCUT2D eigenvalue weighted by molar-refractivity contribution is 5.45. The fourth-order valence-electron chi connectivity index (χ4n) is 1.31. The third-order valence-electron chi connectivity index (χ3n) is 2.00. The lowest BCUT2D eigenvalue weighted by Gasteiger charge is -2.09. The Morgan fingerprint density at radius 2 is 2.08 bits per heavy atom. The van der Waals surface area contributed by atoms with Crippen molar-refractivity contribution in [1.82, 2.24) is 0 Å². The van der Waals surface area contributed by atoms with Gasteiger partial charge in [-0.15, -0.1) is 0 Å². The van der Waals surface area contributed by atoms with Gasteiger partial charge in [-0.1, -0.05) is 19.9 Å². The second-order valence-corrected chi connectivity index (χ2v) is 3.42. The molecule has 0 unspecified atom stereocenters. The molecular formula is C11H16FN. The maximum atomic E-state index is 13.4. The second-order valence-electron chi connectivity index (χ2n) is 3.42. The first-order valence-electron chi connectivity index (χ1n) is 4.68. The maximum Gasteiger partial charge on any atom is 0.128 e. The van der Waals surface area contributed by atoms with Crippen molar-refractivity contribution in [3.05, 3.63) is 29.6 Å². The van der Waals surface area contributed by atoms with Gasteiger partial charge in [0.05, 0.1) is 0 Å². The number of halogens is 1. The molecule has 1 N–H and O–H groups in total. The van der Waals surface area contributed by atoms with Gasteiger partial charge in [-0.25, -0.2) is 4.39 Å². The topological polar surface area (TPSA) is 12.0 Å². The van der Waals surface area contributed by atoms with Crippen LogP contribution >= 0.6 is 0 Å². The summed E-state index contributed by atoms with van der Waals surface area (Å²) in [6.07, 6.45) is 0. The molecule has 0 bridgehead atoms. The molecule has 0 aliphatic rings. The molecule has 0 heterocycles. The summed E-state index contributed by atoms with van der Waals surface area (Å²) >= 11 is 0. The highest BCUT2D eigenvalue weighted by atomic mass is 19.1. The van der Waals surface area contributed by atoms with Crippen LogP contribution in [-0.4, -0.2) is 6.54 Å². The smallest absolute Gasteiger partial charge is 0.128 e. The van der Waals surface area contributed by atoms with Crippen LogP contribution in [0.4, 0.5) is 10.1 Å². The Kier molecular flexibility index (Phi) is 3.29. The van der Waals surface area contributed by atoms with Crippen LogP contribution in [0, 0.1) is 5.82 Å². The quantitative estimate of drug-likeness (QED) is 0.753. The number of hydrogen-bond donors (Lipinski definition) is 1. The molecule has 1 aromatic carbocycles. The van der Waals surface area contributed by atoms with Gasteiger partial charge in [0.1, 0.15) is 5.82 Å². The molecule has 0 spiro atoms. The lowest BCUT2D eigenvalue weighted by molar-refractivity contribution is 0.599. The number of hydrogen-bond acceptors (Lipinski definition) is 1. The Morgan fingerprint density at radius 1 is 1.38 bits per heavy atom. The predicted octanol–water partition coefficient (Wildman–Crippen LogP) is 3.38. The van der Waals surface area contributed by atoms with E-state index in [0.717, 1.165) is 17.8 Å². The Morgan fingerprint density at radius 3 is 2.54 bits per heavy atom. The fourth-order valence-corrected chi connectivity index (χ4v) is 1.31. The van der Waals surface area contributed by atoms with E-state index in [1.165, 1.54) is 0 Å². The zero-order valence-corrected chi connectivity index (χ0v) is 8.39. The van der Waals surface area contributed by atoms with E-state index < -0.39 is 0 Å². The van der Waals surface area contributed by atoms with Crippen LogP contribution in [0.5, 0.6) is 0 Å². The van der Waals surface area contributed by atoms with E-state index in [-0.39, 0.29) is 11.7 Å². The zero-order chi connectivity index (χ0) is 9.84. The van der Waals surface area contributed by atoms with E-state index >= 15 is 0 Å². The van der Waals surface area contributed by atoms with E-state index in [4.69, 9.17) is 0 Å². The van der Waals surface area contributed by atoms with Gasteiger partial charge in [0.2, 0.25) is 0 Å². The highest BCUT2D eigenvalue weighted by Gasteiger charge is 2.06. The predicted molar refractivity (Wildman–Crippen MR) is 54.7 cm³/mol. The van der Waals surface area contributed by atoms with Crippen molar-refractivity contribution in [2.45, 2.75) is 26.7 Å². The average Bonchev–Trinajstić information content (AvgIpc) is 2.04. The summed E-state index contributed by atoms with van der Waals surface area (Å²) < 4.78 is 13.4. The standard InChI is InChI=1S/C11H16FN/c1-4-13-9-5-6-10(8(2)3)11(12)7-9/h5-8,13H,4H2,1-3H3. The molecule has 0 aliphatic carbocycles. The molecule has 1 rings (SSSR count). The van der Waals surface area contributed by atoms with E-state index in [1.54, 1.807) is 6.07 Å². The van der Waals surface area contributed by atoms with E-state index in [9.17, 15) is 4.39 Å². The Balaban J connectivity index is 2.92. The van der Waals surface area contributed by atoms with Gasteiger partial charge in [-0.2, -0.15) is 0 Å². The van der Waals surface area contributed by atoms with Crippen LogP contribution < -0.4 is 5.32 Å². The zero-order valence-electron chi connectivity index (χ0n) is 8.39. The molecular weight excluding hydrogens is 165 g/mol. The summed E-state index contributed by atoms with van der Waals surface area (Å²) in [5, 5.41) is 3.07. The largest absolute Gasteiger partial charge is 0.385 e.